The van der Waals surface area contributed by atoms with Crippen molar-refractivity contribution in [3.63, 3.8) is 0 Å². The normalized spacial score (nSPS) is 12.2. The lowest BCUT2D eigenvalue weighted by molar-refractivity contribution is 0.441. The maximum absolute atomic E-state index is 4.53. The van der Waals surface area contributed by atoms with Crippen molar-refractivity contribution in [3.8, 4) is 0 Å². The molecule has 0 aliphatic carbocycles. The Morgan fingerprint density at radius 1 is 1.29 bits per heavy atom. The second-order valence-corrected chi connectivity index (χ2v) is 6.17. The summed E-state index contributed by atoms with van der Waals surface area (Å²) in [6, 6.07) is 8.12. The summed E-state index contributed by atoms with van der Waals surface area (Å²) in [6.45, 7) is 7.53. The van der Waals surface area contributed by atoms with Gasteiger partial charge in [0.05, 0.1) is 11.0 Å². The van der Waals surface area contributed by atoms with Crippen LogP contribution in [0.25, 0.3) is 11.0 Å². The van der Waals surface area contributed by atoms with Crippen molar-refractivity contribution in [1.82, 2.24) is 15.3 Å². The minimum atomic E-state index is 0.189. The van der Waals surface area contributed by atoms with Gasteiger partial charge >= 0.3 is 0 Å². The van der Waals surface area contributed by atoms with Gasteiger partial charge in [-0.3, -0.25) is 0 Å². The van der Waals surface area contributed by atoms with Crippen molar-refractivity contribution in [2.45, 2.75) is 31.5 Å². The van der Waals surface area contributed by atoms with E-state index in [1.54, 1.807) is 11.8 Å². The molecule has 0 unspecified atom stereocenters. The summed E-state index contributed by atoms with van der Waals surface area (Å²) in [5.41, 5.74) is 2.34. The van der Waals surface area contributed by atoms with Gasteiger partial charge in [-0.2, -0.15) is 0 Å². The first-order valence-corrected chi connectivity index (χ1v) is 6.86. The summed E-state index contributed by atoms with van der Waals surface area (Å²) in [4.78, 5) is 7.84. The fourth-order valence-electron chi connectivity index (χ4n) is 1.57. The molecule has 1 aromatic heterocycles. The maximum Gasteiger partial charge on any atom is 0.166 e. The molecule has 0 amide bonds. The number of H-pyrrole nitrogens is 1. The molecule has 0 aliphatic heterocycles. The number of para-hydroxylation sites is 2. The molecular weight excluding hydrogens is 230 g/mol. The van der Waals surface area contributed by atoms with Gasteiger partial charge in [0.25, 0.3) is 0 Å². The summed E-state index contributed by atoms with van der Waals surface area (Å²) in [6.07, 6.45) is 0. The second kappa shape index (κ2) is 5.10. The van der Waals surface area contributed by atoms with E-state index in [2.05, 4.69) is 42.1 Å². The van der Waals surface area contributed by atoms with E-state index in [0.29, 0.717) is 0 Å². The van der Waals surface area contributed by atoms with Gasteiger partial charge < -0.3 is 10.3 Å². The van der Waals surface area contributed by atoms with Crippen LogP contribution in [-0.4, -0.2) is 27.8 Å². The van der Waals surface area contributed by atoms with Crippen molar-refractivity contribution in [2.24, 2.45) is 0 Å². The van der Waals surface area contributed by atoms with Crippen LogP contribution in [-0.2, 0) is 0 Å². The molecule has 0 saturated heterocycles. The van der Waals surface area contributed by atoms with E-state index in [9.17, 15) is 0 Å². The Bertz CT molecular complexity index is 452. The third-order valence-electron chi connectivity index (χ3n) is 2.36. The first-order valence-electron chi connectivity index (χ1n) is 5.87. The molecular formula is C13H19N3S. The number of aromatic amines is 1. The average Bonchev–Trinajstić information content (AvgIpc) is 2.65. The van der Waals surface area contributed by atoms with Gasteiger partial charge in [0.2, 0.25) is 0 Å². The number of imidazole rings is 1. The average molecular weight is 249 g/mol. The lowest BCUT2D eigenvalue weighted by Gasteiger charge is -2.19. The van der Waals surface area contributed by atoms with E-state index in [0.717, 1.165) is 28.5 Å². The molecule has 0 bridgehead atoms. The predicted octanol–water partition coefficient (Wildman–Crippen LogP) is 3.04. The van der Waals surface area contributed by atoms with E-state index >= 15 is 0 Å². The van der Waals surface area contributed by atoms with Gasteiger partial charge in [0, 0.05) is 17.8 Å². The molecule has 0 atom stereocenters. The SMILES string of the molecule is CC(C)(C)NCCSc1nc2ccccc2[nH]1. The third-order valence-corrected chi connectivity index (χ3v) is 3.24. The first kappa shape index (κ1) is 12.5. The highest BCUT2D eigenvalue weighted by molar-refractivity contribution is 7.99. The van der Waals surface area contributed by atoms with E-state index in [1.165, 1.54) is 0 Å². The number of hydrogen-bond donors (Lipinski definition) is 2. The predicted molar refractivity (Wildman–Crippen MR) is 74.6 cm³/mol. The van der Waals surface area contributed by atoms with Crippen LogP contribution in [0.5, 0.6) is 0 Å². The topological polar surface area (TPSA) is 40.7 Å². The quantitative estimate of drug-likeness (QED) is 0.646. The zero-order valence-corrected chi connectivity index (χ0v) is 11.4. The van der Waals surface area contributed by atoms with Crippen LogP contribution < -0.4 is 5.32 Å². The summed E-state index contributed by atoms with van der Waals surface area (Å²) >= 11 is 1.76. The molecule has 1 aromatic carbocycles. The number of benzene rings is 1. The van der Waals surface area contributed by atoms with Crippen LogP contribution in [0, 0.1) is 0 Å². The van der Waals surface area contributed by atoms with Crippen LogP contribution in [0.15, 0.2) is 29.4 Å². The number of rotatable bonds is 4. The van der Waals surface area contributed by atoms with Crippen molar-refractivity contribution in [1.29, 1.82) is 0 Å². The van der Waals surface area contributed by atoms with Gasteiger partial charge in [-0.05, 0) is 32.9 Å². The summed E-state index contributed by atoms with van der Waals surface area (Å²) < 4.78 is 0. The first-order chi connectivity index (χ1) is 8.04. The van der Waals surface area contributed by atoms with Crippen LogP contribution in [0.1, 0.15) is 20.8 Å². The Morgan fingerprint density at radius 3 is 2.76 bits per heavy atom. The molecule has 0 radical (unpaired) electrons. The number of nitrogens with zero attached hydrogens (tertiary/aromatic N) is 1. The molecule has 0 saturated carbocycles. The molecule has 2 aromatic rings. The van der Waals surface area contributed by atoms with Crippen molar-refractivity contribution in [2.75, 3.05) is 12.3 Å². The van der Waals surface area contributed by atoms with Crippen LogP contribution in [0.3, 0.4) is 0 Å². The molecule has 0 aliphatic rings. The highest BCUT2D eigenvalue weighted by atomic mass is 32.2. The minimum absolute atomic E-state index is 0.189. The zero-order valence-electron chi connectivity index (χ0n) is 10.6. The van der Waals surface area contributed by atoms with Crippen LogP contribution >= 0.6 is 11.8 Å². The number of hydrogen-bond acceptors (Lipinski definition) is 3. The van der Waals surface area contributed by atoms with Crippen LogP contribution in [0.2, 0.25) is 0 Å². The van der Waals surface area contributed by atoms with Crippen LogP contribution in [0.4, 0.5) is 0 Å². The minimum Gasteiger partial charge on any atom is -0.333 e. The van der Waals surface area contributed by atoms with Crippen molar-refractivity contribution in [3.05, 3.63) is 24.3 Å². The molecule has 0 spiro atoms. The Balaban J connectivity index is 1.87. The smallest absolute Gasteiger partial charge is 0.166 e. The molecule has 1 heterocycles. The van der Waals surface area contributed by atoms with Gasteiger partial charge in [0.15, 0.2) is 5.16 Å². The van der Waals surface area contributed by atoms with E-state index in [-0.39, 0.29) is 5.54 Å². The van der Waals surface area contributed by atoms with Crippen molar-refractivity contribution >= 4 is 22.8 Å². The highest BCUT2D eigenvalue weighted by Crippen LogP contribution is 2.18. The third kappa shape index (κ3) is 3.75. The highest BCUT2D eigenvalue weighted by Gasteiger charge is 2.08. The second-order valence-electron chi connectivity index (χ2n) is 5.08. The van der Waals surface area contributed by atoms with Crippen molar-refractivity contribution < 1.29 is 0 Å². The summed E-state index contributed by atoms with van der Waals surface area (Å²) in [5, 5.41) is 4.47. The molecule has 2 N–H and O–H groups in total. The Morgan fingerprint density at radius 2 is 2.06 bits per heavy atom. The van der Waals surface area contributed by atoms with E-state index < -0.39 is 0 Å². The fourth-order valence-corrected chi connectivity index (χ4v) is 2.31. The fraction of sp³-hybridized carbons (Fsp3) is 0.462. The Hall–Kier alpha value is -1.00. The molecule has 4 heteroatoms. The number of nitrogens with one attached hydrogen (secondary N) is 2. The van der Waals surface area contributed by atoms with Gasteiger partial charge in [-0.15, -0.1) is 0 Å². The largest absolute Gasteiger partial charge is 0.333 e. The molecule has 92 valence electrons. The van der Waals surface area contributed by atoms with Gasteiger partial charge in [0.1, 0.15) is 0 Å². The lowest BCUT2D eigenvalue weighted by Crippen LogP contribution is -2.37. The maximum atomic E-state index is 4.53. The number of thioether (sulfide) groups is 1. The molecule has 17 heavy (non-hydrogen) atoms. The molecule has 0 fully saturated rings. The lowest BCUT2D eigenvalue weighted by atomic mass is 10.1. The summed E-state index contributed by atoms with van der Waals surface area (Å²) in [5.74, 6) is 1.02. The monoisotopic (exact) mass is 249 g/mol. The zero-order chi connectivity index (χ0) is 12.3. The van der Waals surface area contributed by atoms with E-state index in [1.807, 2.05) is 18.2 Å². The van der Waals surface area contributed by atoms with E-state index in [4.69, 9.17) is 0 Å². The number of fused-ring (bicyclic) bond motifs is 1. The van der Waals surface area contributed by atoms with Gasteiger partial charge in [-0.25, -0.2) is 4.98 Å². The number of aromatic nitrogens is 2. The Labute approximate surface area is 106 Å². The van der Waals surface area contributed by atoms with Gasteiger partial charge in [-0.1, -0.05) is 23.9 Å². The molecule has 3 nitrogen and oxygen atoms in total. The Kier molecular flexibility index (Phi) is 3.74. The molecule has 2 rings (SSSR count). The standard InChI is InChI=1S/C13H19N3S/c1-13(2,3)14-8-9-17-12-15-10-6-4-5-7-11(10)16-12/h4-7,14H,8-9H2,1-3H3,(H,15,16). The summed E-state index contributed by atoms with van der Waals surface area (Å²) in [7, 11) is 0.